The van der Waals surface area contributed by atoms with E-state index < -0.39 is 0 Å². The van der Waals surface area contributed by atoms with Crippen molar-refractivity contribution in [2.45, 2.75) is 37.9 Å². The quantitative estimate of drug-likeness (QED) is 0.214. The molecule has 1 N–H and O–H groups in total. The van der Waals surface area contributed by atoms with Crippen LogP contribution in [0.1, 0.15) is 23.8 Å². The van der Waals surface area contributed by atoms with Gasteiger partial charge in [-0.15, -0.1) is 17.9 Å². The molecule has 174 valence electrons. The number of carbonyl (C=O) groups is 1. The third-order valence-electron chi connectivity index (χ3n) is 5.72. The topological polar surface area (TPSA) is 89.8 Å². The van der Waals surface area contributed by atoms with Gasteiger partial charge in [-0.25, -0.2) is 4.98 Å². The van der Waals surface area contributed by atoms with Gasteiger partial charge in [0, 0.05) is 17.0 Å². The first-order chi connectivity index (χ1) is 16.5. The molecule has 1 amide bonds. The summed E-state index contributed by atoms with van der Waals surface area (Å²) in [6, 6.07) is 9.71. The number of nitrogens with zero attached hydrogens (tertiary/aromatic N) is 4. The van der Waals surface area contributed by atoms with Gasteiger partial charge < -0.3 is 0 Å². The van der Waals surface area contributed by atoms with E-state index in [1.807, 2.05) is 30.3 Å². The van der Waals surface area contributed by atoms with E-state index in [0.29, 0.717) is 17.6 Å². The number of nitrogens with one attached hydrogen (secondary N) is 1. The lowest BCUT2D eigenvalue weighted by molar-refractivity contribution is -0.113. The van der Waals surface area contributed by atoms with E-state index in [4.69, 9.17) is 4.98 Å². The Morgan fingerprint density at radius 2 is 2.15 bits per heavy atom. The van der Waals surface area contributed by atoms with E-state index in [2.05, 4.69) is 28.2 Å². The number of rotatable bonds is 7. The Kier molecular flexibility index (Phi) is 6.62. The van der Waals surface area contributed by atoms with Crippen molar-refractivity contribution < 1.29 is 4.79 Å². The zero-order chi connectivity index (χ0) is 23.7. The number of aryl methyl sites for hydroxylation is 1. The first-order valence-corrected chi connectivity index (χ1v) is 13.6. The zero-order valence-electron chi connectivity index (χ0n) is 18.6. The molecule has 0 unspecified atom stereocenters. The highest BCUT2D eigenvalue weighted by Crippen LogP contribution is 2.36. The fraction of sp³-hybridized carbons (Fsp3) is 0.292. The van der Waals surface area contributed by atoms with Crippen molar-refractivity contribution in [3.8, 4) is 10.6 Å². The number of allylic oxidation sites excluding steroid dienone is 1. The Morgan fingerprint density at radius 1 is 1.32 bits per heavy atom. The first-order valence-electron chi connectivity index (χ1n) is 11.0. The van der Waals surface area contributed by atoms with Gasteiger partial charge in [-0.3, -0.25) is 19.5 Å². The Hall–Kier alpha value is -2.82. The van der Waals surface area contributed by atoms with Crippen molar-refractivity contribution in [1.29, 1.82) is 0 Å². The van der Waals surface area contributed by atoms with Crippen molar-refractivity contribution in [3.63, 3.8) is 0 Å². The Morgan fingerprint density at radius 3 is 2.94 bits per heavy atom. The molecule has 0 spiro atoms. The largest absolute Gasteiger partial charge is 0.293 e. The second kappa shape index (κ2) is 9.81. The molecule has 34 heavy (non-hydrogen) atoms. The molecule has 0 aliphatic heterocycles. The molecule has 0 bridgehead atoms. The third-order valence-corrected chi connectivity index (χ3v) is 8.61. The van der Waals surface area contributed by atoms with Gasteiger partial charge in [0.2, 0.25) is 11.9 Å². The molecule has 1 aromatic carbocycles. The predicted molar refractivity (Wildman–Crippen MR) is 140 cm³/mol. The predicted octanol–water partition coefficient (Wildman–Crippen LogP) is 5.02. The van der Waals surface area contributed by atoms with Crippen LogP contribution in [0.15, 0.2) is 52.9 Å². The number of hydrogen-bond acceptors (Lipinski definition) is 8. The van der Waals surface area contributed by atoms with E-state index in [1.54, 1.807) is 22.0 Å². The average molecular weight is 510 g/mol. The van der Waals surface area contributed by atoms with Gasteiger partial charge in [0.1, 0.15) is 9.84 Å². The van der Waals surface area contributed by atoms with Gasteiger partial charge in [0.15, 0.2) is 5.16 Å². The minimum absolute atomic E-state index is 0.0477. The number of fused-ring (bicyclic) bond motifs is 3. The number of amides is 1. The highest BCUT2D eigenvalue weighted by Gasteiger charge is 2.24. The maximum Gasteiger partial charge on any atom is 0.263 e. The molecular weight excluding hydrogens is 486 g/mol. The lowest BCUT2D eigenvalue weighted by Crippen LogP contribution is -2.24. The van der Waals surface area contributed by atoms with Crippen LogP contribution in [0.2, 0.25) is 0 Å². The first kappa shape index (κ1) is 22.9. The summed E-state index contributed by atoms with van der Waals surface area (Å²) in [5.74, 6) is 0.745. The molecule has 1 aliphatic rings. The molecule has 3 aromatic heterocycles. The molecule has 0 saturated carbocycles. The van der Waals surface area contributed by atoms with Gasteiger partial charge in [0.05, 0.1) is 11.1 Å². The van der Waals surface area contributed by atoms with Crippen LogP contribution >= 0.6 is 34.6 Å². The molecule has 0 saturated heterocycles. The Labute approximate surface area is 209 Å². The summed E-state index contributed by atoms with van der Waals surface area (Å²) in [5.41, 5.74) is 2.06. The summed E-state index contributed by atoms with van der Waals surface area (Å²) in [6.45, 7) is 6.39. The van der Waals surface area contributed by atoms with Crippen LogP contribution in [0.5, 0.6) is 0 Å². The van der Waals surface area contributed by atoms with Crippen LogP contribution in [0.3, 0.4) is 0 Å². The third kappa shape index (κ3) is 4.57. The SMILES string of the molecule is C=CCn1c(SCC(=O)Nc2nsc(-c3ccccc3)n2)nc2sc3c(c2c1=O)CC[C@H](C)C3. The summed E-state index contributed by atoms with van der Waals surface area (Å²) in [4.78, 5) is 37.2. The highest BCUT2D eigenvalue weighted by molar-refractivity contribution is 7.99. The number of carbonyl (C=O) groups excluding carboxylic acids is 1. The van der Waals surface area contributed by atoms with Crippen LogP contribution in [-0.4, -0.2) is 30.6 Å². The van der Waals surface area contributed by atoms with Crippen LogP contribution in [-0.2, 0) is 24.2 Å². The van der Waals surface area contributed by atoms with Crippen molar-refractivity contribution in [2.24, 2.45) is 5.92 Å². The van der Waals surface area contributed by atoms with Gasteiger partial charge in [0.25, 0.3) is 5.56 Å². The summed E-state index contributed by atoms with van der Waals surface area (Å²) in [7, 11) is 0. The van der Waals surface area contributed by atoms with E-state index in [-0.39, 0.29) is 23.2 Å². The van der Waals surface area contributed by atoms with Crippen LogP contribution < -0.4 is 10.9 Å². The lowest BCUT2D eigenvalue weighted by atomic mass is 9.89. The summed E-state index contributed by atoms with van der Waals surface area (Å²) in [5, 5.41) is 4.75. The maximum absolute atomic E-state index is 13.4. The van der Waals surface area contributed by atoms with Crippen molar-refractivity contribution in [2.75, 3.05) is 11.1 Å². The minimum Gasteiger partial charge on any atom is -0.293 e. The molecule has 1 atom stereocenters. The summed E-state index contributed by atoms with van der Waals surface area (Å²) < 4.78 is 5.86. The molecule has 7 nitrogen and oxygen atoms in total. The number of aromatic nitrogens is 4. The van der Waals surface area contributed by atoms with Crippen LogP contribution in [0.4, 0.5) is 5.95 Å². The second-order valence-electron chi connectivity index (χ2n) is 8.26. The van der Waals surface area contributed by atoms with Gasteiger partial charge >= 0.3 is 0 Å². The molecule has 5 rings (SSSR count). The number of thioether (sulfide) groups is 1. The van der Waals surface area contributed by atoms with Crippen molar-refractivity contribution in [3.05, 3.63) is 63.8 Å². The van der Waals surface area contributed by atoms with Gasteiger partial charge in [-0.1, -0.05) is 55.1 Å². The maximum atomic E-state index is 13.4. The van der Waals surface area contributed by atoms with E-state index in [1.165, 1.54) is 28.2 Å². The lowest BCUT2D eigenvalue weighted by Gasteiger charge is -2.17. The minimum atomic E-state index is -0.249. The standard InChI is InChI=1S/C24H23N5O2S3/c1-3-11-29-22(31)19-16-10-9-14(2)12-17(16)33-21(19)27-24(29)32-13-18(30)25-23-26-20(34-28-23)15-7-5-4-6-8-15/h3-8,14H,1,9-13H2,2H3,(H,25,28,30)/t14-/m0/s1. The van der Waals surface area contributed by atoms with Crippen LogP contribution in [0.25, 0.3) is 20.8 Å². The van der Waals surface area contributed by atoms with Crippen molar-refractivity contribution >= 4 is 56.7 Å². The zero-order valence-corrected chi connectivity index (χ0v) is 21.1. The number of benzene rings is 1. The molecule has 0 fully saturated rings. The Bertz CT molecular complexity index is 1420. The van der Waals surface area contributed by atoms with Crippen LogP contribution in [0, 0.1) is 5.92 Å². The molecule has 1 aliphatic carbocycles. The molecule has 4 aromatic rings. The van der Waals surface area contributed by atoms with E-state index in [0.717, 1.165) is 45.6 Å². The van der Waals surface area contributed by atoms with Gasteiger partial charge in [-0.05, 0) is 42.3 Å². The second-order valence-corrected chi connectivity index (χ2v) is 11.0. The number of thiophene rings is 1. The molecule has 3 heterocycles. The molecule has 10 heteroatoms. The van der Waals surface area contributed by atoms with Gasteiger partial charge in [-0.2, -0.15) is 9.36 Å². The fourth-order valence-electron chi connectivity index (χ4n) is 4.07. The fourth-order valence-corrected chi connectivity index (χ4v) is 6.93. The van der Waals surface area contributed by atoms with Crippen molar-refractivity contribution in [1.82, 2.24) is 18.9 Å². The monoisotopic (exact) mass is 509 g/mol. The van der Waals surface area contributed by atoms with E-state index >= 15 is 0 Å². The molecular formula is C24H23N5O2S3. The normalized spacial score (nSPS) is 15.3. The number of hydrogen-bond donors (Lipinski definition) is 1. The Balaban J connectivity index is 1.35. The smallest absolute Gasteiger partial charge is 0.263 e. The number of anilines is 1. The van der Waals surface area contributed by atoms with E-state index in [9.17, 15) is 9.59 Å². The summed E-state index contributed by atoms with van der Waals surface area (Å²) >= 11 is 4.09. The summed E-state index contributed by atoms with van der Waals surface area (Å²) in [6.07, 6.45) is 4.69. The average Bonchev–Trinajstić information content (AvgIpc) is 3.44. The highest BCUT2D eigenvalue weighted by atomic mass is 32.2. The molecule has 0 radical (unpaired) electrons.